The van der Waals surface area contributed by atoms with E-state index < -0.39 is 23.3 Å². The molecule has 0 saturated carbocycles. The van der Waals surface area contributed by atoms with Crippen LogP contribution in [0.4, 0.5) is 18.9 Å². The number of benzene rings is 2. The van der Waals surface area contributed by atoms with Crippen molar-refractivity contribution in [2.75, 3.05) is 11.5 Å². The Kier molecular flexibility index (Phi) is 5.35. The van der Waals surface area contributed by atoms with E-state index in [1.165, 1.54) is 6.07 Å². The van der Waals surface area contributed by atoms with Crippen LogP contribution in [0.2, 0.25) is 0 Å². The molecular weight excluding hydrogens is 427 g/mol. The third-order valence-electron chi connectivity index (χ3n) is 5.41. The molecule has 1 amide bonds. The molecule has 9 heteroatoms. The Morgan fingerprint density at radius 1 is 1.23 bits per heavy atom. The number of anilines is 1. The topological polar surface area (TPSA) is 56.6 Å². The number of alkyl halides is 3. The highest BCUT2D eigenvalue weighted by molar-refractivity contribution is 7.80. The van der Waals surface area contributed by atoms with Crippen molar-refractivity contribution in [2.24, 2.45) is 0 Å². The van der Waals surface area contributed by atoms with E-state index in [-0.39, 0.29) is 16.7 Å². The molecule has 4 rings (SSSR count). The van der Waals surface area contributed by atoms with Gasteiger partial charge in [-0.2, -0.15) is 18.4 Å². The molecule has 2 aliphatic heterocycles. The number of carbonyl (C=O) groups excluding carboxylic acids is 1. The number of amides is 1. The average Bonchev–Trinajstić information content (AvgIpc) is 2.99. The van der Waals surface area contributed by atoms with Crippen LogP contribution in [0.25, 0.3) is 0 Å². The highest BCUT2D eigenvalue weighted by Gasteiger charge is 2.46. The average molecular weight is 445 g/mol. The molecule has 0 radical (unpaired) electrons. The van der Waals surface area contributed by atoms with Crippen molar-refractivity contribution in [1.29, 1.82) is 5.26 Å². The summed E-state index contributed by atoms with van der Waals surface area (Å²) < 4.78 is 45.8. The molecule has 0 aliphatic carbocycles. The fourth-order valence-electron chi connectivity index (χ4n) is 3.90. The minimum absolute atomic E-state index is 0.00625. The number of fused-ring (bicyclic) bond motifs is 2. The van der Waals surface area contributed by atoms with Crippen molar-refractivity contribution in [3.63, 3.8) is 0 Å². The number of rotatable bonds is 4. The van der Waals surface area contributed by atoms with E-state index >= 15 is 0 Å². The molecule has 1 atom stereocenters. The zero-order valence-electron chi connectivity index (χ0n) is 16.6. The predicted octanol–water partition coefficient (Wildman–Crippen LogP) is 4.42. The van der Waals surface area contributed by atoms with Gasteiger partial charge in [-0.1, -0.05) is 13.0 Å². The number of nitrogens with zero attached hydrogens (tertiary/aromatic N) is 3. The number of nitriles is 1. The molecule has 0 spiro atoms. The van der Waals surface area contributed by atoms with Crippen LogP contribution in [0.1, 0.15) is 35.6 Å². The van der Waals surface area contributed by atoms with Crippen molar-refractivity contribution in [1.82, 2.24) is 4.90 Å². The molecule has 1 saturated heterocycles. The molecule has 2 heterocycles. The first-order valence-corrected chi connectivity index (χ1v) is 10.2. The number of halogens is 3. The van der Waals surface area contributed by atoms with Gasteiger partial charge < -0.3 is 9.64 Å². The number of ether oxygens (including phenoxy) is 1. The molecule has 5 nitrogen and oxygen atoms in total. The van der Waals surface area contributed by atoms with E-state index in [1.807, 2.05) is 25.1 Å². The quantitative estimate of drug-likeness (QED) is 0.652. The van der Waals surface area contributed by atoms with Gasteiger partial charge in [0, 0.05) is 13.0 Å². The number of thiocarbonyl (C=S) groups is 1. The summed E-state index contributed by atoms with van der Waals surface area (Å²) in [6, 6.07) is 9.86. The molecular formula is C22H18F3N3O2S. The van der Waals surface area contributed by atoms with Crippen LogP contribution in [0.3, 0.4) is 0 Å². The zero-order valence-corrected chi connectivity index (χ0v) is 17.4. The van der Waals surface area contributed by atoms with Gasteiger partial charge in [-0.05, 0) is 60.1 Å². The molecule has 0 aromatic heterocycles. The van der Waals surface area contributed by atoms with E-state index in [0.29, 0.717) is 19.6 Å². The molecule has 0 N–H and O–H groups in total. The zero-order chi connectivity index (χ0) is 22.3. The SMILES string of the molecule is CCCOc1ccc2c(c1)CN1C(=S)N(c3ccc(C#N)c(C(F)(F)F)c3)C(=O)C1C2. The Bertz CT molecular complexity index is 1110. The Morgan fingerprint density at radius 2 is 2.00 bits per heavy atom. The second-order valence-electron chi connectivity index (χ2n) is 7.42. The monoisotopic (exact) mass is 445 g/mol. The van der Waals surface area contributed by atoms with E-state index in [4.69, 9.17) is 22.2 Å². The Morgan fingerprint density at radius 3 is 2.68 bits per heavy atom. The van der Waals surface area contributed by atoms with Gasteiger partial charge in [0.2, 0.25) is 0 Å². The van der Waals surface area contributed by atoms with Crippen LogP contribution in [-0.2, 0) is 23.9 Å². The first-order valence-electron chi connectivity index (χ1n) is 9.75. The van der Waals surface area contributed by atoms with E-state index in [9.17, 15) is 18.0 Å². The fourth-order valence-corrected chi connectivity index (χ4v) is 4.29. The van der Waals surface area contributed by atoms with Crippen molar-refractivity contribution >= 4 is 28.9 Å². The van der Waals surface area contributed by atoms with Crippen LogP contribution >= 0.6 is 12.2 Å². The van der Waals surface area contributed by atoms with Crippen molar-refractivity contribution < 1.29 is 22.7 Å². The third-order valence-corrected chi connectivity index (χ3v) is 5.83. The van der Waals surface area contributed by atoms with E-state index in [0.717, 1.165) is 40.3 Å². The van der Waals surface area contributed by atoms with Gasteiger partial charge in [0.25, 0.3) is 5.91 Å². The van der Waals surface area contributed by atoms with Gasteiger partial charge in [-0.3, -0.25) is 9.69 Å². The van der Waals surface area contributed by atoms with E-state index in [2.05, 4.69) is 0 Å². The second kappa shape index (κ2) is 7.85. The summed E-state index contributed by atoms with van der Waals surface area (Å²) in [6.07, 6.45) is -3.44. The van der Waals surface area contributed by atoms with Crippen LogP contribution < -0.4 is 9.64 Å². The predicted molar refractivity (Wildman–Crippen MR) is 112 cm³/mol. The number of carbonyl (C=O) groups is 1. The molecule has 2 aromatic carbocycles. The fraction of sp³-hybridized carbons (Fsp3) is 0.318. The summed E-state index contributed by atoms with van der Waals surface area (Å²) in [6.45, 7) is 2.97. The highest BCUT2D eigenvalue weighted by atomic mass is 32.1. The van der Waals surface area contributed by atoms with Gasteiger partial charge in [0.05, 0.1) is 29.5 Å². The van der Waals surface area contributed by atoms with Gasteiger partial charge in [0.1, 0.15) is 11.8 Å². The smallest absolute Gasteiger partial charge is 0.417 e. The lowest BCUT2D eigenvalue weighted by Crippen LogP contribution is -2.39. The maximum absolute atomic E-state index is 13.4. The van der Waals surface area contributed by atoms with Gasteiger partial charge in [0.15, 0.2) is 5.11 Å². The van der Waals surface area contributed by atoms with Crippen LogP contribution in [-0.4, -0.2) is 28.6 Å². The van der Waals surface area contributed by atoms with Crippen molar-refractivity contribution in [2.45, 2.75) is 38.5 Å². The largest absolute Gasteiger partial charge is 0.494 e. The minimum Gasteiger partial charge on any atom is -0.494 e. The van der Waals surface area contributed by atoms with Gasteiger partial charge >= 0.3 is 6.18 Å². The van der Waals surface area contributed by atoms with Crippen LogP contribution in [0.5, 0.6) is 5.75 Å². The molecule has 0 bridgehead atoms. The summed E-state index contributed by atoms with van der Waals surface area (Å²) >= 11 is 5.48. The summed E-state index contributed by atoms with van der Waals surface area (Å²) in [5, 5.41) is 9.16. The summed E-state index contributed by atoms with van der Waals surface area (Å²) in [5.74, 6) is 0.356. The first kappa shape index (κ1) is 21.1. The molecule has 2 aliphatic rings. The Hall–Kier alpha value is -3.12. The lowest BCUT2D eigenvalue weighted by Gasteiger charge is -2.30. The molecule has 2 aromatic rings. The van der Waals surface area contributed by atoms with Crippen molar-refractivity contribution in [3.8, 4) is 11.8 Å². The van der Waals surface area contributed by atoms with E-state index in [1.54, 1.807) is 11.0 Å². The Labute approximate surface area is 182 Å². The maximum atomic E-state index is 13.4. The third kappa shape index (κ3) is 3.72. The van der Waals surface area contributed by atoms with Gasteiger partial charge in [-0.15, -0.1) is 0 Å². The number of hydrogen-bond acceptors (Lipinski definition) is 4. The lowest BCUT2D eigenvalue weighted by atomic mass is 9.94. The minimum atomic E-state index is -4.72. The standard InChI is InChI=1S/C22H18F3N3O2S/c1-2-7-30-17-6-4-13-9-19-20(29)28(21(31)27(19)12-15(13)8-17)16-5-3-14(11-26)18(10-16)22(23,24)25/h3-6,8,10,19H,2,7,9,12H2,1H3. The molecule has 160 valence electrons. The molecule has 1 fully saturated rings. The maximum Gasteiger partial charge on any atom is 0.417 e. The van der Waals surface area contributed by atoms with Crippen LogP contribution in [0, 0.1) is 11.3 Å². The highest BCUT2D eigenvalue weighted by Crippen LogP contribution is 2.38. The lowest BCUT2D eigenvalue weighted by molar-refractivity contribution is -0.137. The first-order chi connectivity index (χ1) is 14.7. The second-order valence-corrected chi connectivity index (χ2v) is 7.79. The Balaban J connectivity index is 1.66. The van der Waals surface area contributed by atoms with Crippen molar-refractivity contribution in [3.05, 3.63) is 58.7 Å². The normalized spacial score (nSPS) is 18.0. The summed E-state index contributed by atoms with van der Waals surface area (Å²) in [7, 11) is 0. The molecule has 31 heavy (non-hydrogen) atoms. The number of hydrogen-bond donors (Lipinski definition) is 0. The summed E-state index contributed by atoms with van der Waals surface area (Å²) in [4.78, 5) is 16.0. The van der Waals surface area contributed by atoms with Crippen LogP contribution in [0.15, 0.2) is 36.4 Å². The van der Waals surface area contributed by atoms with Gasteiger partial charge in [-0.25, -0.2) is 0 Å². The molecule has 1 unspecified atom stereocenters. The summed E-state index contributed by atoms with van der Waals surface area (Å²) in [5.41, 5.74) is 0.371.